The van der Waals surface area contributed by atoms with E-state index in [1.165, 1.54) is 54.7 Å². The molecule has 0 bridgehead atoms. The predicted octanol–water partition coefficient (Wildman–Crippen LogP) is 4.31. The molecule has 4 rings (SSSR count). The molecule has 1 heterocycles. The number of hydrogen-bond acceptors (Lipinski definition) is 7. The van der Waals surface area contributed by atoms with Crippen LogP contribution in [-0.4, -0.2) is 27.7 Å². The van der Waals surface area contributed by atoms with E-state index in [-0.39, 0.29) is 14.9 Å². The summed E-state index contributed by atoms with van der Waals surface area (Å²) in [5.74, 6) is -0.429. The first-order valence-electron chi connectivity index (χ1n) is 10.2. The van der Waals surface area contributed by atoms with Gasteiger partial charge in [-0.2, -0.15) is 0 Å². The molecule has 0 aliphatic carbocycles. The zero-order chi connectivity index (χ0) is 25.1. The van der Waals surface area contributed by atoms with Crippen LogP contribution in [0.15, 0.2) is 94.2 Å². The van der Waals surface area contributed by atoms with Gasteiger partial charge in [0, 0.05) is 22.8 Å². The van der Waals surface area contributed by atoms with Crippen molar-refractivity contribution < 1.29 is 21.6 Å². The highest BCUT2D eigenvalue weighted by molar-refractivity contribution is 7.93. The van der Waals surface area contributed by atoms with Crippen LogP contribution in [0.3, 0.4) is 0 Å². The van der Waals surface area contributed by atoms with Crippen LogP contribution in [0.25, 0.3) is 0 Å². The number of anilines is 3. The third-order valence-corrected chi connectivity index (χ3v) is 8.42. The molecule has 1 amide bonds. The molecule has 0 fully saturated rings. The van der Waals surface area contributed by atoms with Gasteiger partial charge in [0.15, 0.2) is 5.13 Å². The zero-order valence-corrected chi connectivity index (χ0v) is 20.7. The maximum absolute atomic E-state index is 12.7. The van der Waals surface area contributed by atoms with Crippen LogP contribution in [0, 0.1) is 6.92 Å². The van der Waals surface area contributed by atoms with E-state index < -0.39 is 26.0 Å². The maximum atomic E-state index is 12.7. The molecule has 180 valence electrons. The van der Waals surface area contributed by atoms with Crippen LogP contribution in [-0.2, 0) is 20.0 Å². The van der Waals surface area contributed by atoms with Crippen LogP contribution in [0.1, 0.15) is 15.9 Å². The first-order valence-corrected chi connectivity index (χ1v) is 14.0. The van der Waals surface area contributed by atoms with E-state index in [0.717, 1.165) is 11.3 Å². The van der Waals surface area contributed by atoms with Gasteiger partial charge in [0.25, 0.3) is 26.0 Å². The lowest BCUT2D eigenvalue weighted by molar-refractivity contribution is 0.102. The number of aryl methyl sites for hydroxylation is 1. The molecule has 3 N–H and O–H groups in total. The van der Waals surface area contributed by atoms with Crippen molar-refractivity contribution in [1.29, 1.82) is 0 Å². The van der Waals surface area contributed by atoms with Crippen molar-refractivity contribution in [2.24, 2.45) is 0 Å². The van der Waals surface area contributed by atoms with E-state index in [1.807, 2.05) is 0 Å². The summed E-state index contributed by atoms with van der Waals surface area (Å²) in [4.78, 5) is 16.7. The fourth-order valence-electron chi connectivity index (χ4n) is 3.09. The van der Waals surface area contributed by atoms with Crippen molar-refractivity contribution in [3.8, 4) is 0 Å². The van der Waals surface area contributed by atoms with Gasteiger partial charge in [0.1, 0.15) is 0 Å². The van der Waals surface area contributed by atoms with Crippen LogP contribution in [0.4, 0.5) is 16.5 Å². The Labute approximate surface area is 207 Å². The van der Waals surface area contributed by atoms with Gasteiger partial charge in [-0.05, 0) is 67.1 Å². The van der Waals surface area contributed by atoms with Gasteiger partial charge in [0.05, 0.1) is 15.5 Å². The molecule has 0 atom stereocenters. The largest absolute Gasteiger partial charge is 0.322 e. The van der Waals surface area contributed by atoms with Crippen molar-refractivity contribution in [3.63, 3.8) is 0 Å². The minimum Gasteiger partial charge on any atom is -0.322 e. The highest BCUT2D eigenvalue weighted by Crippen LogP contribution is 2.23. The number of amides is 1. The van der Waals surface area contributed by atoms with Gasteiger partial charge in [-0.25, -0.2) is 21.8 Å². The minimum absolute atomic E-state index is 0.0246. The van der Waals surface area contributed by atoms with Crippen molar-refractivity contribution >= 4 is 53.8 Å². The number of sulfonamides is 2. The Morgan fingerprint density at radius 2 is 1.49 bits per heavy atom. The topological polar surface area (TPSA) is 134 Å². The Hall–Kier alpha value is -3.74. The fourth-order valence-corrected chi connectivity index (χ4v) is 6.03. The Kier molecular flexibility index (Phi) is 6.87. The summed E-state index contributed by atoms with van der Waals surface area (Å²) in [6, 6.07) is 18.3. The fraction of sp³-hybridized carbons (Fsp3) is 0.0435. The second-order valence-electron chi connectivity index (χ2n) is 7.37. The van der Waals surface area contributed by atoms with Crippen molar-refractivity contribution in [3.05, 3.63) is 95.5 Å². The predicted molar refractivity (Wildman–Crippen MR) is 136 cm³/mol. The van der Waals surface area contributed by atoms with Crippen LogP contribution >= 0.6 is 11.3 Å². The molecule has 1 aromatic heterocycles. The summed E-state index contributed by atoms with van der Waals surface area (Å²) in [5.41, 5.74) is 1.63. The van der Waals surface area contributed by atoms with Gasteiger partial charge >= 0.3 is 0 Å². The molecule has 12 heteroatoms. The van der Waals surface area contributed by atoms with E-state index in [9.17, 15) is 21.6 Å². The average Bonchev–Trinajstić information content (AvgIpc) is 3.33. The molecule has 0 spiro atoms. The van der Waals surface area contributed by atoms with E-state index in [2.05, 4.69) is 19.7 Å². The number of carbonyl (C=O) groups excluding carboxylic acids is 1. The highest BCUT2D eigenvalue weighted by Gasteiger charge is 2.17. The molecule has 4 aromatic rings. The molecule has 0 saturated carbocycles. The summed E-state index contributed by atoms with van der Waals surface area (Å²) in [5, 5.41) is 4.61. The van der Waals surface area contributed by atoms with Gasteiger partial charge in [0.2, 0.25) is 0 Å². The van der Waals surface area contributed by atoms with Crippen LogP contribution in [0.2, 0.25) is 0 Å². The van der Waals surface area contributed by atoms with E-state index >= 15 is 0 Å². The third kappa shape index (κ3) is 5.85. The monoisotopic (exact) mass is 528 g/mol. The lowest BCUT2D eigenvalue weighted by Gasteiger charge is -2.12. The quantitative estimate of drug-likeness (QED) is 0.312. The van der Waals surface area contributed by atoms with E-state index in [1.54, 1.807) is 36.6 Å². The molecule has 0 saturated heterocycles. The van der Waals surface area contributed by atoms with Gasteiger partial charge in [-0.15, -0.1) is 11.3 Å². The van der Waals surface area contributed by atoms with Crippen molar-refractivity contribution in [2.45, 2.75) is 16.7 Å². The molecule has 0 radical (unpaired) electrons. The lowest BCUT2D eigenvalue weighted by atomic mass is 10.1. The van der Waals surface area contributed by atoms with Gasteiger partial charge in [-0.1, -0.05) is 18.2 Å². The van der Waals surface area contributed by atoms with Gasteiger partial charge < -0.3 is 5.32 Å². The molecule has 0 unspecified atom stereocenters. The first kappa shape index (κ1) is 24.4. The second kappa shape index (κ2) is 9.86. The van der Waals surface area contributed by atoms with Crippen molar-refractivity contribution in [2.75, 3.05) is 14.8 Å². The summed E-state index contributed by atoms with van der Waals surface area (Å²) >= 11 is 1.16. The third-order valence-electron chi connectivity index (χ3n) is 4.86. The standard InChI is InChI=1S/C23H20N4O5S3/c1-16-15-17(7-12-21(16)26-34(29,30)19-5-3-2-4-6-19)22(28)25-18-8-10-20(11-9-18)35(31,32)27-23-24-13-14-33-23/h2-15,26H,1H3,(H,24,27)(H,25,28). The van der Waals surface area contributed by atoms with Crippen LogP contribution < -0.4 is 14.8 Å². The number of benzene rings is 3. The smallest absolute Gasteiger partial charge is 0.263 e. The number of hydrogen-bond donors (Lipinski definition) is 3. The van der Waals surface area contributed by atoms with E-state index in [0.29, 0.717) is 22.5 Å². The van der Waals surface area contributed by atoms with Gasteiger partial charge in [-0.3, -0.25) is 14.2 Å². The Morgan fingerprint density at radius 1 is 0.829 bits per heavy atom. The Bertz CT molecular complexity index is 1550. The molecule has 0 aliphatic rings. The molecule has 9 nitrogen and oxygen atoms in total. The molecule has 35 heavy (non-hydrogen) atoms. The van der Waals surface area contributed by atoms with Crippen LogP contribution in [0.5, 0.6) is 0 Å². The SMILES string of the molecule is Cc1cc(C(=O)Nc2ccc(S(=O)(=O)Nc3nccs3)cc2)ccc1NS(=O)(=O)c1ccccc1. The maximum Gasteiger partial charge on any atom is 0.263 e. The number of carbonyl (C=O) groups is 1. The summed E-state index contributed by atoms with van der Waals surface area (Å²) in [7, 11) is -7.56. The molecular formula is C23H20N4O5S3. The first-order chi connectivity index (χ1) is 16.6. The highest BCUT2D eigenvalue weighted by atomic mass is 32.2. The summed E-state index contributed by atoms with van der Waals surface area (Å²) in [6.45, 7) is 1.69. The summed E-state index contributed by atoms with van der Waals surface area (Å²) < 4.78 is 54.9. The minimum atomic E-state index is -3.80. The lowest BCUT2D eigenvalue weighted by Crippen LogP contribution is -2.15. The second-order valence-corrected chi connectivity index (χ2v) is 11.6. The molecular weight excluding hydrogens is 508 g/mol. The number of aromatic nitrogens is 1. The molecule has 3 aromatic carbocycles. The van der Waals surface area contributed by atoms with E-state index in [4.69, 9.17) is 0 Å². The Balaban J connectivity index is 1.44. The number of rotatable bonds is 8. The average molecular weight is 529 g/mol. The number of nitrogens with zero attached hydrogens (tertiary/aromatic N) is 1. The number of nitrogens with one attached hydrogen (secondary N) is 3. The Morgan fingerprint density at radius 3 is 2.11 bits per heavy atom. The normalized spacial score (nSPS) is 11.6. The number of thiazole rings is 1. The molecule has 0 aliphatic heterocycles. The summed E-state index contributed by atoms with van der Waals surface area (Å²) in [6.07, 6.45) is 1.49. The van der Waals surface area contributed by atoms with Crippen molar-refractivity contribution in [1.82, 2.24) is 4.98 Å². The zero-order valence-electron chi connectivity index (χ0n) is 18.3.